The number of carbonyl (C=O) groups is 1. The van der Waals surface area contributed by atoms with Crippen molar-refractivity contribution in [1.82, 2.24) is 4.98 Å². The summed E-state index contributed by atoms with van der Waals surface area (Å²) in [6.45, 7) is 2.58. The highest BCUT2D eigenvalue weighted by Crippen LogP contribution is 2.13. The average Bonchev–Trinajstić information content (AvgIpc) is 2.46. The Bertz CT molecular complexity index is 402. The molecule has 112 valence electrons. The van der Waals surface area contributed by atoms with Gasteiger partial charge in [-0.3, -0.25) is 0 Å². The third kappa shape index (κ3) is 6.95. The van der Waals surface area contributed by atoms with Crippen molar-refractivity contribution in [2.45, 2.75) is 0 Å². The Hall–Kier alpha value is -1.02. The van der Waals surface area contributed by atoms with E-state index in [1.165, 1.54) is 0 Å². The Morgan fingerprint density at radius 3 is 2.45 bits per heavy atom. The first-order valence-electron chi connectivity index (χ1n) is 6.17. The Balaban J connectivity index is 2.04. The van der Waals surface area contributed by atoms with Crippen LogP contribution in [0.15, 0.2) is 22.9 Å². The predicted molar refractivity (Wildman–Crippen MR) is 75.7 cm³/mol. The average molecular weight is 348 g/mol. The molecule has 0 saturated heterocycles. The van der Waals surface area contributed by atoms with Gasteiger partial charge in [0.25, 0.3) is 0 Å². The fraction of sp³-hybridized carbons (Fsp3) is 0.538. The quantitative estimate of drug-likeness (QED) is 0.364. The maximum atomic E-state index is 11.7. The maximum Gasteiger partial charge on any atom is 0.340 e. The van der Waals surface area contributed by atoms with Crippen LogP contribution in [-0.4, -0.2) is 57.7 Å². The van der Waals surface area contributed by atoms with Gasteiger partial charge in [-0.1, -0.05) is 0 Å². The summed E-state index contributed by atoms with van der Waals surface area (Å²) in [6.07, 6.45) is 1.59. The summed E-state index contributed by atoms with van der Waals surface area (Å²) in [5.74, 6) is -0.426. The third-order valence-electron chi connectivity index (χ3n) is 2.24. The van der Waals surface area contributed by atoms with Crippen molar-refractivity contribution in [3.05, 3.63) is 28.5 Å². The van der Waals surface area contributed by atoms with Crippen LogP contribution in [0.5, 0.6) is 0 Å². The van der Waals surface area contributed by atoms with Crippen LogP contribution in [0, 0.1) is 0 Å². The van der Waals surface area contributed by atoms with Crippen molar-refractivity contribution in [2.24, 2.45) is 0 Å². The highest BCUT2D eigenvalue weighted by atomic mass is 79.9. The first-order valence-corrected chi connectivity index (χ1v) is 6.97. The highest BCUT2D eigenvalue weighted by molar-refractivity contribution is 9.10. The van der Waals surface area contributed by atoms with Crippen molar-refractivity contribution in [2.75, 3.05) is 46.8 Å². The van der Waals surface area contributed by atoms with E-state index in [2.05, 4.69) is 20.9 Å². The molecular formula is C13H18BrNO5. The van der Waals surface area contributed by atoms with E-state index in [0.717, 1.165) is 0 Å². The lowest BCUT2D eigenvalue weighted by molar-refractivity contribution is 0.00565. The molecule has 0 fully saturated rings. The normalized spacial score (nSPS) is 10.5. The van der Waals surface area contributed by atoms with E-state index in [-0.39, 0.29) is 6.61 Å². The molecule has 0 amide bonds. The van der Waals surface area contributed by atoms with Gasteiger partial charge in [-0.05, 0) is 28.1 Å². The van der Waals surface area contributed by atoms with Crippen molar-refractivity contribution in [3.8, 4) is 0 Å². The van der Waals surface area contributed by atoms with Gasteiger partial charge in [-0.2, -0.15) is 0 Å². The predicted octanol–water partition coefficient (Wildman–Crippen LogP) is 1.68. The van der Waals surface area contributed by atoms with Crippen LogP contribution in [0.4, 0.5) is 0 Å². The lowest BCUT2D eigenvalue weighted by Gasteiger charge is -2.07. The van der Waals surface area contributed by atoms with Crippen LogP contribution >= 0.6 is 15.9 Å². The second kappa shape index (κ2) is 10.7. The molecule has 1 rings (SSSR count). The topological polar surface area (TPSA) is 66.9 Å². The van der Waals surface area contributed by atoms with E-state index >= 15 is 0 Å². The summed E-state index contributed by atoms with van der Waals surface area (Å²) in [6, 6.07) is 3.32. The molecular weight excluding hydrogens is 330 g/mol. The molecule has 0 saturated carbocycles. The molecule has 0 N–H and O–H groups in total. The lowest BCUT2D eigenvalue weighted by Crippen LogP contribution is -2.14. The summed E-state index contributed by atoms with van der Waals surface area (Å²) in [4.78, 5) is 15.6. The van der Waals surface area contributed by atoms with Crippen LogP contribution < -0.4 is 0 Å². The van der Waals surface area contributed by atoms with Gasteiger partial charge in [0.05, 0.1) is 38.6 Å². The molecule has 0 aliphatic heterocycles. The molecule has 0 aliphatic rings. The number of rotatable bonds is 10. The van der Waals surface area contributed by atoms with Gasteiger partial charge in [-0.15, -0.1) is 0 Å². The molecule has 0 unspecified atom stereocenters. The smallest absolute Gasteiger partial charge is 0.340 e. The van der Waals surface area contributed by atoms with Crippen LogP contribution in [0.2, 0.25) is 0 Å². The van der Waals surface area contributed by atoms with Crippen molar-refractivity contribution < 1.29 is 23.7 Å². The number of carbonyl (C=O) groups excluding carboxylic acids is 1. The van der Waals surface area contributed by atoms with E-state index in [9.17, 15) is 4.79 Å². The van der Waals surface area contributed by atoms with Crippen molar-refractivity contribution in [3.63, 3.8) is 0 Å². The van der Waals surface area contributed by atoms with Crippen LogP contribution in [0.3, 0.4) is 0 Å². The minimum Gasteiger partial charge on any atom is -0.460 e. The Labute approximate surface area is 126 Å². The molecule has 0 atom stereocenters. The summed E-state index contributed by atoms with van der Waals surface area (Å²) >= 11 is 3.19. The zero-order valence-electron chi connectivity index (χ0n) is 11.3. The number of hydrogen-bond donors (Lipinski definition) is 0. The number of esters is 1. The standard InChI is InChI=1S/C13H18BrNO5/c1-17-5-6-18-7-8-19-9-10-20-13(16)11-3-2-4-15-12(11)14/h2-4H,5-10H2,1H3. The van der Waals surface area contributed by atoms with E-state index in [4.69, 9.17) is 18.9 Å². The number of pyridine rings is 1. The van der Waals surface area contributed by atoms with Crippen molar-refractivity contribution >= 4 is 21.9 Å². The monoisotopic (exact) mass is 347 g/mol. The number of halogens is 1. The minimum atomic E-state index is -0.426. The summed E-state index contributed by atoms with van der Waals surface area (Å²) in [7, 11) is 1.62. The molecule has 1 heterocycles. The first kappa shape index (κ1) is 17.0. The second-order valence-corrected chi connectivity index (χ2v) is 4.45. The number of hydrogen-bond acceptors (Lipinski definition) is 6. The highest BCUT2D eigenvalue weighted by Gasteiger charge is 2.11. The zero-order chi connectivity index (χ0) is 14.6. The van der Waals surface area contributed by atoms with Crippen molar-refractivity contribution in [1.29, 1.82) is 0 Å². The van der Waals surface area contributed by atoms with Crippen LogP contribution in [0.1, 0.15) is 10.4 Å². The largest absolute Gasteiger partial charge is 0.460 e. The number of nitrogens with zero attached hydrogens (tertiary/aromatic N) is 1. The van der Waals surface area contributed by atoms with E-state index < -0.39 is 5.97 Å². The molecule has 6 nitrogen and oxygen atoms in total. The summed E-state index contributed by atoms with van der Waals surface area (Å²) in [5, 5.41) is 0. The molecule has 0 aromatic carbocycles. The molecule has 1 aromatic rings. The minimum absolute atomic E-state index is 0.193. The number of ether oxygens (including phenoxy) is 4. The molecule has 0 aliphatic carbocycles. The first-order chi connectivity index (χ1) is 9.75. The number of methoxy groups -OCH3 is 1. The van der Waals surface area contributed by atoms with Gasteiger partial charge in [0.1, 0.15) is 11.2 Å². The van der Waals surface area contributed by atoms with Gasteiger partial charge in [0, 0.05) is 13.3 Å². The Morgan fingerprint density at radius 2 is 1.80 bits per heavy atom. The molecule has 0 spiro atoms. The summed E-state index contributed by atoms with van der Waals surface area (Å²) in [5.41, 5.74) is 0.399. The number of aromatic nitrogens is 1. The lowest BCUT2D eigenvalue weighted by atomic mass is 10.3. The molecule has 7 heteroatoms. The SMILES string of the molecule is COCCOCCOCCOC(=O)c1cccnc1Br. The molecule has 1 aromatic heterocycles. The maximum absolute atomic E-state index is 11.7. The third-order valence-corrected chi connectivity index (χ3v) is 2.88. The van der Waals surface area contributed by atoms with E-state index in [1.54, 1.807) is 25.4 Å². The Kier molecular flexibility index (Phi) is 9.14. The van der Waals surface area contributed by atoms with E-state index in [0.29, 0.717) is 43.2 Å². The fourth-order valence-electron chi connectivity index (χ4n) is 1.27. The molecule has 0 radical (unpaired) electrons. The van der Waals surface area contributed by atoms with Crippen LogP contribution in [-0.2, 0) is 18.9 Å². The molecule has 0 bridgehead atoms. The summed E-state index contributed by atoms with van der Waals surface area (Å²) < 4.78 is 20.8. The second-order valence-electron chi connectivity index (χ2n) is 3.70. The van der Waals surface area contributed by atoms with E-state index in [1.807, 2.05) is 0 Å². The van der Waals surface area contributed by atoms with Gasteiger partial charge < -0.3 is 18.9 Å². The zero-order valence-corrected chi connectivity index (χ0v) is 12.9. The molecule has 20 heavy (non-hydrogen) atoms. The van der Waals surface area contributed by atoms with Gasteiger partial charge in [0.15, 0.2) is 0 Å². The van der Waals surface area contributed by atoms with Gasteiger partial charge in [-0.25, -0.2) is 9.78 Å². The Morgan fingerprint density at radius 1 is 1.15 bits per heavy atom. The van der Waals surface area contributed by atoms with Gasteiger partial charge >= 0.3 is 5.97 Å². The fourth-order valence-corrected chi connectivity index (χ4v) is 1.69. The van der Waals surface area contributed by atoms with Gasteiger partial charge in [0.2, 0.25) is 0 Å². The van der Waals surface area contributed by atoms with Crippen LogP contribution in [0.25, 0.3) is 0 Å².